The molecule has 1 rings (SSSR count). The van der Waals surface area contributed by atoms with Gasteiger partial charge in [-0.1, -0.05) is 77.5 Å². The average Bonchev–Trinajstić information content (AvgIpc) is 2.42. The maximum absolute atomic E-state index is 12.8. The number of hydrogen-bond acceptors (Lipinski definition) is 1. The van der Waals surface area contributed by atoms with E-state index in [-0.39, 0.29) is 10.6 Å². The van der Waals surface area contributed by atoms with Gasteiger partial charge in [0.15, 0.2) is 0 Å². The van der Waals surface area contributed by atoms with Gasteiger partial charge in [-0.3, -0.25) is 4.79 Å². The molecule has 1 aromatic carbocycles. The number of unbranched alkanes of at least 4 members (excludes halogenated alkanes) is 1. The lowest BCUT2D eigenvalue weighted by molar-refractivity contribution is -0.119. The molecule has 0 aliphatic rings. The summed E-state index contributed by atoms with van der Waals surface area (Å²) in [5, 5.41) is 0.244. The van der Waals surface area contributed by atoms with Crippen molar-refractivity contribution in [2.75, 3.05) is 0 Å². The fraction of sp³-hybridized carbons (Fsp3) is 0.632. The summed E-state index contributed by atoms with van der Waals surface area (Å²) in [5.41, 5.74) is 1.53. The molecule has 0 saturated carbocycles. The number of carbonyl (C=O) groups excluding carboxylic acids is 1. The van der Waals surface area contributed by atoms with E-state index in [0.29, 0.717) is 5.78 Å². The molecule has 0 radical (unpaired) electrons. The Balaban J connectivity index is 3.03. The molecule has 0 bridgehead atoms. The normalized spacial score (nSPS) is 14.0. The lowest BCUT2D eigenvalue weighted by atomic mass is 10.0. The Hall–Kier alpha value is -0.893. The smallest absolute Gasteiger partial charge is 0.133 e. The SMILES string of the molecule is CCCCC(=O)C(Cc1ccccc1)[Si](C)(C)C(C)(C)C. The van der Waals surface area contributed by atoms with Crippen molar-refractivity contribution in [3.63, 3.8) is 0 Å². The highest BCUT2D eigenvalue weighted by Gasteiger charge is 2.44. The Bertz CT molecular complexity index is 442. The maximum Gasteiger partial charge on any atom is 0.133 e. The average molecular weight is 305 g/mol. The molecule has 0 fully saturated rings. The molecule has 0 N–H and O–H groups in total. The molecule has 0 aromatic heterocycles. The molecule has 1 atom stereocenters. The first-order valence-corrected chi connectivity index (χ1v) is 11.3. The van der Waals surface area contributed by atoms with Crippen LogP contribution in [0.25, 0.3) is 0 Å². The molecule has 0 heterocycles. The maximum atomic E-state index is 12.8. The van der Waals surface area contributed by atoms with Gasteiger partial charge >= 0.3 is 0 Å². The number of rotatable bonds is 7. The lowest BCUT2D eigenvalue weighted by Crippen LogP contribution is -2.46. The number of hydrogen-bond donors (Lipinski definition) is 0. The zero-order valence-electron chi connectivity index (χ0n) is 14.7. The van der Waals surface area contributed by atoms with E-state index in [1.54, 1.807) is 0 Å². The molecule has 118 valence electrons. The van der Waals surface area contributed by atoms with Crippen molar-refractivity contribution >= 4 is 13.9 Å². The van der Waals surface area contributed by atoms with Gasteiger partial charge in [0.1, 0.15) is 5.78 Å². The molecule has 0 saturated heterocycles. The van der Waals surface area contributed by atoms with Crippen molar-refractivity contribution in [2.45, 2.75) is 77.1 Å². The fourth-order valence-corrected chi connectivity index (χ4v) is 5.41. The molecular weight excluding hydrogens is 272 g/mol. The topological polar surface area (TPSA) is 17.1 Å². The number of carbonyl (C=O) groups is 1. The Kier molecular flexibility index (Phi) is 6.39. The van der Waals surface area contributed by atoms with E-state index in [2.05, 4.69) is 65.1 Å². The predicted molar refractivity (Wildman–Crippen MR) is 95.6 cm³/mol. The number of benzene rings is 1. The van der Waals surface area contributed by atoms with Crippen LogP contribution in [0.1, 0.15) is 52.5 Å². The van der Waals surface area contributed by atoms with E-state index in [1.807, 2.05) is 6.07 Å². The van der Waals surface area contributed by atoms with Gasteiger partial charge in [0.2, 0.25) is 0 Å². The number of ketones is 1. The van der Waals surface area contributed by atoms with Crippen molar-refractivity contribution in [2.24, 2.45) is 0 Å². The summed E-state index contributed by atoms with van der Waals surface area (Å²) >= 11 is 0. The molecule has 1 nitrogen and oxygen atoms in total. The zero-order chi connectivity index (χ0) is 16.1. The lowest BCUT2D eigenvalue weighted by Gasteiger charge is -2.43. The van der Waals surface area contributed by atoms with Crippen molar-refractivity contribution in [3.05, 3.63) is 35.9 Å². The number of Topliss-reactive ketones (excluding diaryl/α,β-unsaturated/α-hetero) is 1. The first-order chi connectivity index (χ1) is 9.70. The Morgan fingerprint density at radius 3 is 2.19 bits per heavy atom. The van der Waals surface area contributed by atoms with Crippen molar-refractivity contribution < 1.29 is 4.79 Å². The Morgan fingerprint density at radius 1 is 1.14 bits per heavy atom. The van der Waals surface area contributed by atoms with Gasteiger partial charge in [-0.2, -0.15) is 0 Å². The predicted octanol–water partition coefficient (Wildman–Crippen LogP) is 5.87. The van der Waals surface area contributed by atoms with Gasteiger partial charge in [0.05, 0.1) is 8.07 Å². The zero-order valence-corrected chi connectivity index (χ0v) is 15.7. The molecule has 1 aromatic rings. The minimum absolute atomic E-state index is 0.228. The van der Waals surface area contributed by atoms with Crippen LogP contribution in [0.2, 0.25) is 23.7 Å². The van der Waals surface area contributed by atoms with Crippen LogP contribution < -0.4 is 0 Å². The second-order valence-electron chi connectivity index (χ2n) is 7.78. The van der Waals surface area contributed by atoms with Crippen molar-refractivity contribution in [3.8, 4) is 0 Å². The van der Waals surface area contributed by atoms with Gasteiger partial charge in [-0.05, 0) is 23.4 Å². The van der Waals surface area contributed by atoms with E-state index < -0.39 is 8.07 Å². The molecular formula is C19H32OSi. The Morgan fingerprint density at radius 2 is 1.71 bits per heavy atom. The molecule has 2 heteroatoms. The third kappa shape index (κ3) is 4.81. The van der Waals surface area contributed by atoms with Gasteiger partial charge in [0, 0.05) is 12.0 Å². The third-order valence-electron chi connectivity index (χ3n) is 5.25. The molecule has 0 aliphatic carbocycles. The minimum Gasteiger partial charge on any atom is -0.300 e. The summed E-state index contributed by atoms with van der Waals surface area (Å²) in [6.07, 6.45) is 3.79. The molecule has 0 amide bonds. The highest BCUT2D eigenvalue weighted by atomic mass is 28.3. The second kappa shape index (κ2) is 7.39. The van der Waals surface area contributed by atoms with E-state index in [4.69, 9.17) is 0 Å². The van der Waals surface area contributed by atoms with Crippen LogP contribution in [0.3, 0.4) is 0 Å². The molecule has 0 spiro atoms. The summed E-state index contributed by atoms with van der Waals surface area (Å²) in [4.78, 5) is 12.8. The largest absolute Gasteiger partial charge is 0.300 e. The van der Waals surface area contributed by atoms with E-state index >= 15 is 0 Å². The van der Waals surface area contributed by atoms with E-state index in [1.165, 1.54) is 5.56 Å². The van der Waals surface area contributed by atoms with E-state index in [9.17, 15) is 4.79 Å². The van der Waals surface area contributed by atoms with Crippen LogP contribution >= 0.6 is 0 Å². The summed E-state index contributed by atoms with van der Waals surface area (Å²) in [6.45, 7) is 13.9. The fourth-order valence-electron chi connectivity index (χ4n) is 2.67. The van der Waals surface area contributed by atoms with Gasteiger partial charge in [-0.15, -0.1) is 0 Å². The highest BCUT2D eigenvalue weighted by molar-refractivity contribution is 6.84. The summed E-state index contributed by atoms with van der Waals surface area (Å²) in [6, 6.07) is 10.5. The van der Waals surface area contributed by atoms with Crippen LogP contribution in [0.4, 0.5) is 0 Å². The monoisotopic (exact) mass is 304 g/mol. The molecule has 21 heavy (non-hydrogen) atoms. The summed E-state index contributed by atoms with van der Waals surface area (Å²) < 4.78 is 0. The summed E-state index contributed by atoms with van der Waals surface area (Å²) in [7, 11) is -1.68. The van der Waals surface area contributed by atoms with Gasteiger partial charge in [-0.25, -0.2) is 0 Å². The van der Waals surface area contributed by atoms with Crippen LogP contribution in [-0.2, 0) is 11.2 Å². The minimum atomic E-state index is -1.68. The van der Waals surface area contributed by atoms with Crippen LogP contribution in [-0.4, -0.2) is 13.9 Å². The van der Waals surface area contributed by atoms with Crippen molar-refractivity contribution in [1.29, 1.82) is 0 Å². The van der Waals surface area contributed by atoms with Crippen molar-refractivity contribution in [1.82, 2.24) is 0 Å². The quantitative estimate of drug-likeness (QED) is 0.576. The standard InChI is InChI=1S/C19H32OSi/c1-7-8-14-17(20)18(21(5,6)19(2,3)4)15-16-12-10-9-11-13-16/h9-13,18H,7-8,14-15H2,1-6H3. The Labute approximate surface area is 132 Å². The van der Waals surface area contributed by atoms with Crippen LogP contribution in [0.5, 0.6) is 0 Å². The third-order valence-corrected chi connectivity index (χ3v) is 11.4. The van der Waals surface area contributed by atoms with Gasteiger partial charge in [0.25, 0.3) is 0 Å². The highest BCUT2D eigenvalue weighted by Crippen LogP contribution is 2.45. The first-order valence-electron chi connectivity index (χ1n) is 8.26. The molecule has 0 aliphatic heterocycles. The second-order valence-corrected chi connectivity index (χ2v) is 13.4. The van der Waals surface area contributed by atoms with Crippen LogP contribution in [0.15, 0.2) is 30.3 Å². The first kappa shape index (κ1) is 18.2. The van der Waals surface area contributed by atoms with E-state index in [0.717, 1.165) is 25.7 Å². The molecule has 1 unspecified atom stereocenters. The van der Waals surface area contributed by atoms with Gasteiger partial charge < -0.3 is 0 Å². The van der Waals surface area contributed by atoms with Crippen LogP contribution in [0, 0.1) is 0 Å². The summed E-state index contributed by atoms with van der Waals surface area (Å²) in [5.74, 6) is 0.493.